The fourth-order valence-electron chi connectivity index (χ4n) is 2.39. The van der Waals surface area contributed by atoms with Crippen molar-refractivity contribution in [2.45, 2.75) is 24.0 Å². The van der Waals surface area contributed by atoms with Crippen LogP contribution in [0.4, 0.5) is 0 Å². The molecular weight excluding hydrogens is 402 g/mol. The molecule has 0 saturated carbocycles. The maximum atomic E-state index is 12.6. The summed E-state index contributed by atoms with van der Waals surface area (Å²) >= 11 is 0. The number of hydrogen-bond donors (Lipinski definition) is 3. The zero-order chi connectivity index (χ0) is 21.4. The highest BCUT2D eigenvalue weighted by molar-refractivity contribution is 7.89. The van der Waals surface area contributed by atoms with Crippen LogP contribution in [0.1, 0.15) is 22.5 Å². The van der Waals surface area contributed by atoms with Crippen LogP contribution in [-0.4, -0.2) is 45.9 Å². The van der Waals surface area contributed by atoms with E-state index in [2.05, 4.69) is 14.8 Å². The molecule has 4 N–H and O–H groups in total. The maximum absolute atomic E-state index is 12.6. The van der Waals surface area contributed by atoms with Crippen LogP contribution in [0.25, 0.3) is 0 Å². The van der Waals surface area contributed by atoms with E-state index in [1.807, 2.05) is 0 Å². The summed E-state index contributed by atoms with van der Waals surface area (Å²) in [5.41, 5.74) is 5.75. The van der Waals surface area contributed by atoms with Crippen LogP contribution in [0.3, 0.4) is 0 Å². The molecule has 2 aromatic rings. The molecule has 10 nitrogen and oxygen atoms in total. The van der Waals surface area contributed by atoms with Gasteiger partial charge >= 0.3 is 5.97 Å². The number of nitrogens with one attached hydrogen (secondary N) is 2. The predicted molar refractivity (Wildman–Crippen MR) is 101 cm³/mol. The number of ether oxygens (including phenoxy) is 1. The van der Waals surface area contributed by atoms with Crippen molar-refractivity contribution in [3.63, 3.8) is 0 Å². The Hall–Kier alpha value is -3.18. The molecule has 0 saturated heterocycles. The first-order valence-electron chi connectivity index (χ1n) is 8.53. The van der Waals surface area contributed by atoms with Gasteiger partial charge in [0.25, 0.3) is 10.0 Å². The first-order valence-corrected chi connectivity index (χ1v) is 10.0. The fourth-order valence-corrected chi connectivity index (χ4v) is 3.52. The van der Waals surface area contributed by atoms with E-state index in [9.17, 15) is 22.8 Å². The predicted octanol–water partition coefficient (Wildman–Crippen LogP) is -0.0526. The van der Waals surface area contributed by atoms with Gasteiger partial charge in [0.2, 0.25) is 22.7 Å². The molecule has 2 amide bonds. The van der Waals surface area contributed by atoms with Gasteiger partial charge in [-0.05, 0) is 24.1 Å². The van der Waals surface area contributed by atoms with Crippen molar-refractivity contribution in [1.29, 1.82) is 0 Å². The summed E-state index contributed by atoms with van der Waals surface area (Å²) in [7, 11) is -3.14. The first-order chi connectivity index (χ1) is 13.7. The van der Waals surface area contributed by atoms with E-state index in [4.69, 9.17) is 10.2 Å². The highest BCUT2D eigenvalue weighted by atomic mass is 32.2. The number of carbonyl (C=O) groups excluding carboxylic acids is 3. The Labute approximate surface area is 167 Å². The number of hydrogen-bond acceptors (Lipinski definition) is 7. The van der Waals surface area contributed by atoms with Crippen molar-refractivity contribution in [2.75, 3.05) is 13.7 Å². The van der Waals surface area contributed by atoms with Gasteiger partial charge in [0, 0.05) is 13.0 Å². The molecule has 1 aromatic carbocycles. The molecule has 0 aliphatic heterocycles. The Balaban J connectivity index is 2.20. The number of amides is 2. The molecule has 0 spiro atoms. The summed E-state index contributed by atoms with van der Waals surface area (Å²) in [6.07, 6.45) is -0.0374. The number of nitrogens with two attached hydrogens (primary N) is 1. The van der Waals surface area contributed by atoms with Crippen molar-refractivity contribution in [2.24, 2.45) is 5.73 Å². The lowest BCUT2D eigenvalue weighted by molar-refractivity contribution is -0.123. The van der Waals surface area contributed by atoms with Gasteiger partial charge in [0.1, 0.15) is 6.04 Å². The Morgan fingerprint density at radius 1 is 1.14 bits per heavy atom. The van der Waals surface area contributed by atoms with E-state index < -0.39 is 38.9 Å². The minimum absolute atomic E-state index is 0.0333. The zero-order valence-electron chi connectivity index (χ0n) is 15.6. The average molecular weight is 423 g/mol. The molecule has 1 heterocycles. The van der Waals surface area contributed by atoms with Crippen LogP contribution in [0.15, 0.2) is 52.0 Å². The van der Waals surface area contributed by atoms with Crippen LogP contribution in [0, 0.1) is 0 Å². The third-order valence-electron chi connectivity index (χ3n) is 3.80. The van der Waals surface area contributed by atoms with Gasteiger partial charge in [0.15, 0.2) is 0 Å². The fraction of sp³-hybridized carbons (Fsp3) is 0.278. The first kappa shape index (κ1) is 22.1. The van der Waals surface area contributed by atoms with E-state index in [0.717, 1.165) is 19.2 Å². The van der Waals surface area contributed by atoms with Gasteiger partial charge in [-0.2, -0.15) is 4.72 Å². The molecule has 1 aromatic heterocycles. The number of primary amides is 1. The molecule has 0 bridgehead atoms. The van der Waals surface area contributed by atoms with Gasteiger partial charge in [-0.15, -0.1) is 0 Å². The lowest BCUT2D eigenvalue weighted by Crippen LogP contribution is -2.48. The van der Waals surface area contributed by atoms with Gasteiger partial charge in [-0.25, -0.2) is 13.2 Å². The van der Waals surface area contributed by atoms with Crippen molar-refractivity contribution in [3.05, 3.63) is 53.8 Å². The highest BCUT2D eigenvalue weighted by Crippen LogP contribution is 2.16. The zero-order valence-corrected chi connectivity index (χ0v) is 16.4. The van der Waals surface area contributed by atoms with Crippen LogP contribution in [0.2, 0.25) is 0 Å². The van der Waals surface area contributed by atoms with Gasteiger partial charge in [0.05, 0.1) is 7.11 Å². The van der Waals surface area contributed by atoms with Gasteiger partial charge in [-0.1, -0.05) is 30.3 Å². The summed E-state index contributed by atoms with van der Waals surface area (Å²) in [5.74, 6) is -2.37. The smallest absolute Gasteiger partial charge is 0.374 e. The number of esters is 1. The summed E-state index contributed by atoms with van der Waals surface area (Å²) in [4.78, 5) is 34.8. The largest absolute Gasteiger partial charge is 0.463 e. The number of furan rings is 1. The molecule has 0 fully saturated rings. The van der Waals surface area contributed by atoms with Crippen LogP contribution < -0.4 is 15.8 Å². The standard InChI is InChI=1S/C18H21N3O7S/c1-27-18(24)14-7-8-16(28-14)29(25,26)21-13(11-12-5-3-2-4-6-12)17(23)20-10-9-15(19)22/h2-8,13,21H,9-11H2,1H3,(H2,19,22)(H,20,23)/t13-/m0/s1. The Morgan fingerprint density at radius 3 is 2.45 bits per heavy atom. The molecule has 0 aliphatic rings. The molecule has 2 rings (SSSR count). The highest BCUT2D eigenvalue weighted by Gasteiger charge is 2.29. The second-order valence-corrected chi connectivity index (χ2v) is 7.63. The molecule has 0 aliphatic carbocycles. The lowest BCUT2D eigenvalue weighted by atomic mass is 10.1. The van der Waals surface area contributed by atoms with Gasteiger partial charge in [-0.3, -0.25) is 9.59 Å². The third kappa shape index (κ3) is 6.43. The molecule has 11 heteroatoms. The summed E-state index contributed by atoms with van der Waals surface area (Å²) in [5, 5.41) is 1.93. The third-order valence-corrected chi connectivity index (χ3v) is 5.14. The van der Waals surface area contributed by atoms with Crippen molar-refractivity contribution >= 4 is 27.8 Å². The normalized spacial score (nSPS) is 12.2. The maximum Gasteiger partial charge on any atom is 0.374 e. The number of carbonyl (C=O) groups is 3. The van der Waals surface area contributed by atoms with Crippen molar-refractivity contribution < 1.29 is 32.0 Å². The number of benzene rings is 1. The molecular formula is C18H21N3O7S. The monoisotopic (exact) mass is 423 g/mol. The van der Waals surface area contributed by atoms with E-state index in [0.29, 0.717) is 5.56 Å². The molecule has 156 valence electrons. The summed E-state index contributed by atoms with van der Waals surface area (Å²) < 4.78 is 37.0. The number of sulfonamides is 1. The van der Waals surface area contributed by atoms with Crippen LogP contribution in [-0.2, 0) is 30.8 Å². The summed E-state index contributed by atoms with van der Waals surface area (Å²) in [6.45, 7) is -0.0333. The Bertz CT molecular complexity index is 970. The Morgan fingerprint density at radius 2 is 1.83 bits per heavy atom. The van der Waals surface area contributed by atoms with Crippen molar-refractivity contribution in [1.82, 2.24) is 10.0 Å². The van der Waals surface area contributed by atoms with Crippen LogP contribution in [0.5, 0.6) is 0 Å². The van der Waals surface area contributed by atoms with E-state index >= 15 is 0 Å². The minimum atomic E-state index is -4.26. The number of rotatable bonds is 10. The van der Waals surface area contributed by atoms with E-state index in [1.54, 1.807) is 30.3 Å². The SMILES string of the molecule is COC(=O)c1ccc(S(=O)(=O)N[C@@H](Cc2ccccc2)C(=O)NCCC(N)=O)o1. The van der Waals surface area contributed by atoms with Gasteiger partial charge < -0.3 is 20.2 Å². The number of methoxy groups -OCH3 is 1. The average Bonchev–Trinajstić information content (AvgIpc) is 3.18. The van der Waals surface area contributed by atoms with Crippen molar-refractivity contribution in [3.8, 4) is 0 Å². The minimum Gasteiger partial charge on any atom is -0.463 e. The Kier molecular flexibility index (Phi) is 7.51. The quantitative estimate of drug-likeness (QED) is 0.452. The summed E-state index contributed by atoms with van der Waals surface area (Å²) in [6, 6.07) is 9.80. The second kappa shape index (κ2) is 9.85. The van der Waals surface area contributed by atoms with Crippen LogP contribution >= 0.6 is 0 Å². The molecule has 1 atom stereocenters. The van der Waals surface area contributed by atoms with E-state index in [1.165, 1.54) is 0 Å². The molecule has 0 radical (unpaired) electrons. The molecule has 0 unspecified atom stereocenters. The lowest BCUT2D eigenvalue weighted by Gasteiger charge is -2.18. The topological polar surface area (TPSA) is 158 Å². The second-order valence-electron chi connectivity index (χ2n) is 5.98. The van der Waals surface area contributed by atoms with E-state index in [-0.39, 0.29) is 25.1 Å². The molecule has 29 heavy (non-hydrogen) atoms.